The zero-order valence-corrected chi connectivity index (χ0v) is 15.7. The summed E-state index contributed by atoms with van der Waals surface area (Å²) in [6.45, 7) is 9.38. The maximum Gasteiger partial charge on any atom is 0.413 e. The molecule has 0 aliphatic carbocycles. The lowest BCUT2D eigenvalue weighted by atomic mass is 10.1. The van der Waals surface area contributed by atoms with E-state index in [1.54, 1.807) is 20.8 Å². The van der Waals surface area contributed by atoms with E-state index in [2.05, 4.69) is 15.5 Å². The average Bonchev–Trinajstić information content (AvgIpc) is 2.83. The predicted molar refractivity (Wildman–Crippen MR) is 92.0 cm³/mol. The standard InChI is InChI=1S/C15H21N3O6S/c1-8(19)15(5,6)24-18-10(11(20)21)9-7-25-12(16-9)17-13(22)23-14(2,3)4/h7H,1-6H3,(H,20,21)(H,16,17,22)/b18-10-. The van der Waals surface area contributed by atoms with Crippen LogP contribution in [0, 0.1) is 0 Å². The van der Waals surface area contributed by atoms with Crippen molar-refractivity contribution < 1.29 is 29.1 Å². The number of aliphatic carboxylic acids is 1. The Balaban J connectivity index is 2.94. The number of Topliss-reactive ketones (excluding diaryl/α,β-unsaturated/α-hetero) is 1. The van der Waals surface area contributed by atoms with Crippen molar-refractivity contribution in [2.24, 2.45) is 5.16 Å². The average molecular weight is 371 g/mol. The van der Waals surface area contributed by atoms with Crippen molar-refractivity contribution >= 4 is 40.0 Å². The Labute approximate surface area is 149 Å². The highest BCUT2D eigenvalue weighted by atomic mass is 32.1. The molecule has 2 N–H and O–H groups in total. The van der Waals surface area contributed by atoms with Crippen LogP contribution in [-0.4, -0.2) is 44.9 Å². The number of ketones is 1. The van der Waals surface area contributed by atoms with E-state index >= 15 is 0 Å². The van der Waals surface area contributed by atoms with Crippen LogP contribution in [0.15, 0.2) is 10.5 Å². The van der Waals surface area contributed by atoms with E-state index in [1.807, 2.05) is 0 Å². The van der Waals surface area contributed by atoms with Crippen LogP contribution in [0.25, 0.3) is 0 Å². The first-order chi connectivity index (χ1) is 11.3. The van der Waals surface area contributed by atoms with Gasteiger partial charge in [-0.05, 0) is 41.5 Å². The first-order valence-electron chi connectivity index (χ1n) is 7.28. The monoisotopic (exact) mass is 371 g/mol. The fourth-order valence-corrected chi connectivity index (χ4v) is 1.93. The summed E-state index contributed by atoms with van der Waals surface area (Å²) >= 11 is 1.000. The van der Waals surface area contributed by atoms with E-state index in [0.29, 0.717) is 0 Å². The van der Waals surface area contributed by atoms with Crippen LogP contribution in [0.5, 0.6) is 0 Å². The minimum atomic E-state index is -1.38. The van der Waals surface area contributed by atoms with Crippen molar-refractivity contribution in [3.8, 4) is 0 Å². The number of carboxylic acids is 1. The van der Waals surface area contributed by atoms with Gasteiger partial charge in [0, 0.05) is 5.38 Å². The van der Waals surface area contributed by atoms with Crippen molar-refractivity contribution in [3.63, 3.8) is 0 Å². The summed E-state index contributed by atoms with van der Waals surface area (Å²) in [7, 11) is 0. The highest BCUT2D eigenvalue weighted by Crippen LogP contribution is 2.19. The summed E-state index contributed by atoms with van der Waals surface area (Å²) in [5.74, 6) is -1.69. The molecule has 138 valence electrons. The lowest BCUT2D eigenvalue weighted by Gasteiger charge is -2.19. The zero-order chi connectivity index (χ0) is 19.4. The van der Waals surface area contributed by atoms with Gasteiger partial charge in [-0.25, -0.2) is 14.6 Å². The number of nitrogens with zero attached hydrogens (tertiary/aromatic N) is 2. The van der Waals surface area contributed by atoms with Gasteiger partial charge in [0.25, 0.3) is 0 Å². The van der Waals surface area contributed by atoms with Gasteiger partial charge in [-0.3, -0.25) is 10.1 Å². The zero-order valence-electron chi connectivity index (χ0n) is 14.9. The van der Waals surface area contributed by atoms with Crippen molar-refractivity contribution in [3.05, 3.63) is 11.1 Å². The molecule has 1 heterocycles. The number of amides is 1. The van der Waals surface area contributed by atoms with E-state index < -0.39 is 29.0 Å². The molecule has 10 heteroatoms. The second-order valence-corrected chi connectivity index (χ2v) is 7.43. The van der Waals surface area contributed by atoms with Crippen LogP contribution >= 0.6 is 11.3 Å². The number of carbonyl (C=O) groups excluding carboxylic acids is 2. The molecule has 25 heavy (non-hydrogen) atoms. The largest absolute Gasteiger partial charge is 0.476 e. The molecule has 0 unspecified atom stereocenters. The number of anilines is 1. The van der Waals surface area contributed by atoms with Crippen molar-refractivity contribution in [1.29, 1.82) is 0 Å². The Bertz CT molecular complexity index is 702. The Morgan fingerprint density at radius 1 is 1.24 bits per heavy atom. The van der Waals surface area contributed by atoms with E-state index in [4.69, 9.17) is 9.57 Å². The maximum absolute atomic E-state index is 11.7. The number of hydrogen-bond donors (Lipinski definition) is 2. The minimum Gasteiger partial charge on any atom is -0.476 e. The number of carboxylic acid groups (broad SMARTS) is 1. The van der Waals surface area contributed by atoms with Crippen LogP contribution in [0.4, 0.5) is 9.93 Å². The van der Waals surface area contributed by atoms with E-state index in [0.717, 1.165) is 11.3 Å². The second kappa shape index (κ2) is 7.60. The highest BCUT2D eigenvalue weighted by molar-refractivity contribution is 7.14. The van der Waals surface area contributed by atoms with Gasteiger partial charge >= 0.3 is 12.1 Å². The van der Waals surface area contributed by atoms with Crippen LogP contribution in [-0.2, 0) is 19.2 Å². The smallest absolute Gasteiger partial charge is 0.413 e. The maximum atomic E-state index is 11.7. The van der Waals surface area contributed by atoms with Crippen LogP contribution in [0.2, 0.25) is 0 Å². The molecule has 0 fully saturated rings. The van der Waals surface area contributed by atoms with Gasteiger partial charge in [-0.1, -0.05) is 5.16 Å². The molecule has 0 atom stereocenters. The molecule has 1 amide bonds. The van der Waals surface area contributed by atoms with Crippen molar-refractivity contribution in [2.75, 3.05) is 5.32 Å². The number of ether oxygens (including phenoxy) is 1. The molecule has 1 rings (SSSR count). The molecule has 0 aliphatic heterocycles. The normalized spacial score (nSPS) is 12.5. The Morgan fingerprint density at radius 3 is 2.32 bits per heavy atom. The number of thiazole rings is 1. The predicted octanol–water partition coefficient (Wildman–Crippen LogP) is 2.66. The van der Waals surface area contributed by atoms with Crippen molar-refractivity contribution in [2.45, 2.75) is 52.7 Å². The molecule has 0 spiro atoms. The van der Waals surface area contributed by atoms with E-state index in [-0.39, 0.29) is 16.6 Å². The first-order valence-corrected chi connectivity index (χ1v) is 8.16. The van der Waals surface area contributed by atoms with Gasteiger partial charge in [-0.2, -0.15) is 0 Å². The molecule has 0 saturated carbocycles. The molecule has 0 radical (unpaired) electrons. The van der Waals surface area contributed by atoms with Gasteiger partial charge in [-0.15, -0.1) is 11.3 Å². The quantitative estimate of drug-likeness (QED) is 0.581. The second-order valence-electron chi connectivity index (χ2n) is 6.57. The number of nitrogens with one attached hydrogen (secondary N) is 1. The highest BCUT2D eigenvalue weighted by Gasteiger charge is 2.28. The topological polar surface area (TPSA) is 127 Å². The third-order valence-corrected chi connectivity index (χ3v) is 3.53. The Hall–Kier alpha value is -2.49. The van der Waals surface area contributed by atoms with Gasteiger partial charge in [0.2, 0.25) is 5.71 Å². The molecule has 0 aliphatic rings. The molecule has 1 aromatic rings. The Kier molecular flexibility index (Phi) is 6.25. The van der Waals surface area contributed by atoms with Crippen LogP contribution < -0.4 is 5.32 Å². The first kappa shape index (κ1) is 20.6. The summed E-state index contributed by atoms with van der Waals surface area (Å²) in [5, 5.41) is 16.7. The molecule has 0 bridgehead atoms. The van der Waals surface area contributed by atoms with Gasteiger partial charge in [0.1, 0.15) is 11.3 Å². The van der Waals surface area contributed by atoms with E-state index in [9.17, 15) is 19.5 Å². The third-order valence-electron chi connectivity index (χ3n) is 2.77. The molecule has 0 saturated heterocycles. The summed E-state index contributed by atoms with van der Waals surface area (Å²) in [5.41, 5.74) is -2.44. The van der Waals surface area contributed by atoms with Gasteiger partial charge in [0.05, 0.1) is 0 Å². The third kappa shape index (κ3) is 6.49. The minimum absolute atomic E-state index is 0.0112. The lowest BCUT2D eigenvalue weighted by molar-refractivity contribution is -0.139. The Morgan fingerprint density at radius 2 is 1.84 bits per heavy atom. The molecule has 1 aromatic heterocycles. The fourth-order valence-electron chi connectivity index (χ4n) is 1.25. The number of carbonyl (C=O) groups is 3. The fraction of sp³-hybridized carbons (Fsp3) is 0.533. The lowest BCUT2D eigenvalue weighted by Crippen LogP contribution is -2.32. The number of aromatic nitrogens is 1. The van der Waals surface area contributed by atoms with Crippen LogP contribution in [0.3, 0.4) is 0 Å². The van der Waals surface area contributed by atoms with Crippen molar-refractivity contribution in [1.82, 2.24) is 4.98 Å². The summed E-state index contributed by atoms with van der Waals surface area (Å²) in [6, 6.07) is 0. The summed E-state index contributed by atoms with van der Waals surface area (Å²) in [6.07, 6.45) is -0.712. The number of rotatable bonds is 6. The SMILES string of the molecule is CC(=O)C(C)(C)O/N=C(\C(=O)O)c1csc(NC(=O)OC(C)(C)C)n1. The van der Waals surface area contributed by atoms with Crippen LogP contribution in [0.1, 0.15) is 47.2 Å². The molecular formula is C15H21N3O6S. The molecule has 9 nitrogen and oxygen atoms in total. The summed E-state index contributed by atoms with van der Waals surface area (Å²) in [4.78, 5) is 43.5. The van der Waals surface area contributed by atoms with Gasteiger partial charge in [0.15, 0.2) is 16.5 Å². The molecular weight excluding hydrogens is 350 g/mol. The summed E-state index contributed by atoms with van der Waals surface area (Å²) < 4.78 is 5.09. The number of oxime groups is 1. The van der Waals surface area contributed by atoms with E-state index in [1.165, 1.54) is 26.2 Å². The molecule has 0 aromatic carbocycles. The van der Waals surface area contributed by atoms with Gasteiger partial charge < -0.3 is 14.7 Å². The number of hydrogen-bond acceptors (Lipinski definition) is 8.